The van der Waals surface area contributed by atoms with Crippen molar-refractivity contribution in [3.63, 3.8) is 0 Å². The number of hydrogen-bond acceptors (Lipinski definition) is 4. The van der Waals surface area contributed by atoms with Crippen molar-refractivity contribution < 1.29 is 22.2 Å². The van der Waals surface area contributed by atoms with E-state index in [0.29, 0.717) is 48.7 Å². The average Bonchev–Trinajstić information content (AvgIpc) is 2.91. The number of carbonyl (C=O) groups excluding carboxylic acids is 1. The maximum atomic E-state index is 14.9. The van der Waals surface area contributed by atoms with Crippen LogP contribution in [-0.2, 0) is 17.5 Å². The van der Waals surface area contributed by atoms with Crippen LogP contribution in [-0.4, -0.2) is 51.1 Å². The lowest BCUT2D eigenvalue weighted by molar-refractivity contribution is 0.0626. The maximum absolute atomic E-state index is 14.9. The van der Waals surface area contributed by atoms with Crippen molar-refractivity contribution in [2.75, 3.05) is 30.9 Å². The van der Waals surface area contributed by atoms with Crippen LogP contribution in [0.2, 0.25) is 0 Å². The molecule has 190 valence electrons. The van der Waals surface area contributed by atoms with Gasteiger partial charge in [0.2, 0.25) is 0 Å². The number of benzene rings is 3. The molecular weight excluding hydrogens is 501 g/mol. The number of amides is 1. The van der Waals surface area contributed by atoms with Crippen molar-refractivity contribution in [2.24, 2.45) is 0 Å². The second-order valence-corrected chi connectivity index (χ2v) is 9.88. The van der Waals surface area contributed by atoms with Gasteiger partial charge in [-0.25, -0.2) is 17.4 Å². The van der Waals surface area contributed by atoms with E-state index < -0.39 is 28.4 Å². The summed E-state index contributed by atoms with van der Waals surface area (Å²) in [7, 11) is -1.77. The molecule has 3 aromatic carbocycles. The fourth-order valence-electron chi connectivity index (χ4n) is 4.29. The van der Waals surface area contributed by atoms with E-state index in [1.165, 1.54) is 24.3 Å². The van der Waals surface area contributed by atoms with Crippen LogP contribution >= 0.6 is 0 Å². The largest absolute Gasteiger partial charge is 0.336 e. The lowest BCUT2D eigenvalue weighted by Gasteiger charge is -2.34. The molecule has 2 heterocycles. The van der Waals surface area contributed by atoms with Gasteiger partial charge < -0.3 is 4.90 Å². The SMILES string of the molecule is O=C(c1ccc(NS(=O)c2cccc3cccnc23)c(F)c1)N1CCN(Cc2ccc(F)cc2F)CC1. The molecule has 1 aromatic heterocycles. The summed E-state index contributed by atoms with van der Waals surface area (Å²) in [5.74, 6) is -2.24. The van der Waals surface area contributed by atoms with Gasteiger partial charge in [0, 0.05) is 61.5 Å². The number of hydrogen-bond donors (Lipinski definition) is 1. The summed E-state index contributed by atoms with van der Waals surface area (Å²) in [4.78, 5) is 21.3. The first-order chi connectivity index (χ1) is 17.9. The fraction of sp³-hybridized carbons (Fsp3) is 0.185. The average molecular weight is 525 g/mol. The maximum Gasteiger partial charge on any atom is 0.254 e. The summed E-state index contributed by atoms with van der Waals surface area (Å²) in [5.41, 5.74) is 1.14. The Morgan fingerprint density at radius 3 is 2.46 bits per heavy atom. The predicted molar refractivity (Wildman–Crippen MR) is 136 cm³/mol. The Morgan fingerprint density at radius 1 is 0.919 bits per heavy atom. The van der Waals surface area contributed by atoms with Crippen molar-refractivity contribution in [3.05, 3.63) is 102 Å². The van der Waals surface area contributed by atoms with Crippen LogP contribution in [0.5, 0.6) is 0 Å². The number of fused-ring (bicyclic) bond motifs is 1. The van der Waals surface area contributed by atoms with E-state index >= 15 is 0 Å². The molecule has 37 heavy (non-hydrogen) atoms. The molecule has 1 aliphatic heterocycles. The summed E-state index contributed by atoms with van der Waals surface area (Å²) in [5, 5.41) is 0.819. The smallest absolute Gasteiger partial charge is 0.254 e. The number of nitrogens with zero attached hydrogens (tertiary/aromatic N) is 3. The first-order valence-electron chi connectivity index (χ1n) is 11.7. The standard InChI is InChI=1S/C27H23F3N4O2S/c28-21-8-6-20(22(29)16-21)17-33-11-13-34(14-12-33)27(35)19-7-9-24(23(30)15-19)32-37(36)25-5-1-3-18-4-2-10-31-26(18)25/h1-10,15-16,32H,11-14,17H2. The van der Waals surface area contributed by atoms with Crippen molar-refractivity contribution >= 4 is 33.5 Å². The Morgan fingerprint density at radius 2 is 1.70 bits per heavy atom. The minimum absolute atomic E-state index is 0.00830. The van der Waals surface area contributed by atoms with Crippen LogP contribution in [0, 0.1) is 17.5 Å². The molecule has 5 rings (SSSR count). The number of carbonyl (C=O) groups is 1. The normalized spacial score (nSPS) is 15.1. The number of para-hydroxylation sites is 1. The van der Waals surface area contributed by atoms with Crippen molar-refractivity contribution in [2.45, 2.75) is 11.4 Å². The second kappa shape index (κ2) is 10.7. The molecule has 0 saturated carbocycles. The minimum Gasteiger partial charge on any atom is -0.336 e. The summed E-state index contributed by atoms with van der Waals surface area (Å²) in [6, 6.07) is 16.4. The Balaban J connectivity index is 1.22. The van der Waals surface area contributed by atoms with Gasteiger partial charge in [0.1, 0.15) is 17.5 Å². The number of rotatable bonds is 6. The fourth-order valence-corrected chi connectivity index (χ4v) is 5.32. The molecule has 4 aromatic rings. The van der Waals surface area contributed by atoms with Crippen molar-refractivity contribution in [1.82, 2.24) is 14.8 Å². The summed E-state index contributed by atoms with van der Waals surface area (Å²) in [6.07, 6.45) is 1.60. The minimum atomic E-state index is -1.77. The summed E-state index contributed by atoms with van der Waals surface area (Å²) < 4.78 is 57.6. The molecule has 1 saturated heterocycles. The highest BCUT2D eigenvalue weighted by atomic mass is 32.2. The predicted octanol–water partition coefficient (Wildman–Crippen LogP) is 4.74. The van der Waals surface area contributed by atoms with E-state index in [2.05, 4.69) is 9.71 Å². The number of aromatic nitrogens is 1. The molecule has 1 atom stereocenters. The molecule has 1 amide bonds. The third-order valence-electron chi connectivity index (χ3n) is 6.28. The number of piperazine rings is 1. The Kier molecular flexibility index (Phi) is 7.20. The van der Waals surface area contributed by atoms with E-state index in [0.717, 1.165) is 17.5 Å². The molecule has 6 nitrogen and oxygen atoms in total. The first kappa shape index (κ1) is 24.9. The topological polar surface area (TPSA) is 65.5 Å². The molecule has 1 aliphatic rings. The molecule has 0 spiro atoms. The van der Waals surface area contributed by atoms with Gasteiger partial charge in [0.05, 0.1) is 16.1 Å². The number of nitrogens with one attached hydrogen (secondary N) is 1. The molecule has 0 bridgehead atoms. The third kappa shape index (κ3) is 5.50. The second-order valence-electron chi connectivity index (χ2n) is 8.70. The quantitative estimate of drug-likeness (QED) is 0.396. The lowest BCUT2D eigenvalue weighted by atomic mass is 10.1. The van der Waals surface area contributed by atoms with E-state index in [9.17, 15) is 22.2 Å². The Labute approximate surface area is 214 Å². The van der Waals surface area contributed by atoms with Gasteiger partial charge >= 0.3 is 0 Å². The van der Waals surface area contributed by atoms with Gasteiger partial charge in [-0.3, -0.25) is 19.4 Å². The molecule has 1 N–H and O–H groups in total. The molecule has 0 aliphatic carbocycles. The van der Waals surface area contributed by atoms with E-state index in [4.69, 9.17) is 0 Å². The van der Waals surface area contributed by atoms with Gasteiger partial charge in [-0.2, -0.15) is 0 Å². The highest BCUT2D eigenvalue weighted by Gasteiger charge is 2.24. The Bertz CT molecular complexity index is 1490. The number of anilines is 1. The van der Waals surface area contributed by atoms with E-state index in [1.54, 1.807) is 29.3 Å². The van der Waals surface area contributed by atoms with Gasteiger partial charge in [0.15, 0.2) is 11.0 Å². The zero-order valence-corrected chi connectivity index (χ0v) is 20.5. The van der Waals surface area contributed by atoms with Crippen LogP contribution in [0.3, 0.4) is 0 Å². The van der Waals surface area contributed by atoms with Crippen LogP contribution in [0.1, 0.15) is 15.9 Å². The van der Waals surface area contributed by atoms with Crippen molar-refractivity contribution in [1.29, 1.82) is 0 Å². The van der Waals surface area contributed by atoms with Gasteiger partial charge in [-0.05, 0) is 36.4 Å². The van der Waals surface area contributed by atoms with Crippen LogP contribution in [0.4, 0.5) is 18.9 Å². The van der Waals surface area contributed by atoms with Gasteiger partial charge in [-0.1, -0.05) is 24.3 Å². The zero-order valence-electron chi connectivity index (χ0n) is 19.7. The summed E-state index contributed by atoms with van der Waals surface area (Å²) in [6.45, 7) is 2.10. The van der Waals surface area contributed by atoms with Crippen molar-refractivity contribution in [3.8, 4) is 0 Å². The Hall–Kier alpha value is -3.76. The van der Waals surface area contributed by atoms with Gasteiger partial charge in [-0.15, -0.1) is 0 Å². The number of halogens is 3. The van der Waals surface area contributed by atoms with Crippen LogP contribution in [0.25, 0.3) is 10.9 Å². The van der Waals surface area contributed by atoms with E-state index in [-0.39, 0.29) is 17.2 Å². The molecule has 1 unspecified atom stereocenters. The first-order valence-corrected chi connectivity index (χ1v) is 12.8. The zero-order chi connectivity index (χ0) is 25.9. The number of pyridine rings is 1. The molecule has 1 fully saturated rings. The van der Waals surface area contributed by atoms with Crippen LogP contribution in [0.15, 0.2) is 77.8 Å². The highest BCUT2D eigenvalue weighted by Crippen LogP contribution is 2.24. The third-order valence-corrected chi connectivity index (χ3v) is 7.42. The van der Waals surface area contributed by atoms with Crippen LogP contribution < -0.4 is 4.72 Å². The lowest BCUT2D eigenvalue weighted by Crippen LogP contribution is -2.48. The molecular formula is C27H23F3N4O2S. The van der Waals surface area contributed by atoms with Gasteiger partial charge in [0.25, 0.3) is 5.91 Å². The summed E-state index contributed by atoms with van der Waals surface area (Å²) >= 11 is 0. The highest BCUT2D eigenvalue weighted by molar-refractivity contribution is 7.86. The molecule has 10 heteroatoms. The van der Waals surface area contributed by atoms with E-state index in [1.807, 2.05) is 17.0 Å². The molecule has 0 radical (unpaired) electrons. The monoisotopic (exact) mass is 524 g/mol.